The predicted octanol–water partition coefficient (Wildman–Crippen LogP) is 4.98. The van der Waals surface area contributed by atoms with Gasteiger partial charge in [0.1, 0.15) is 0 Å². The zero-order valence-electron chi connectivity index (χ0n) is 20.5. The molecule has 4 atom stereocenters. The number of nitrogens with zero attached hydrogens (tertiary/aromatic N) is 2. The highest BCUT2D eigenvalue weighted by Crippen LogP contribution is 2.81. The van der Waals surface area contributed by atoms with Gasteiger partial charge in [0.2, 0.25) is 0 Å². The Bertz CT molecular complexity index is 1280. The first-order valence-electron chi connectivity index (χ1n) is 13.1. The number of pyridine rings is 1. The van der Waals surface area contributed by atoms with Gasteiger partial charge in [-0.1, -0.05) is 6.07 Å². The second-order valence-corrected chi connectivity index (χ2v) is 13.1. The predicted molar refractivity (Wildman–Crippen MR) is 130 cm³/mol. The molecule has 3 bridgehead atoms. The third kappa shape index (κ3) is 1.99. The number of nitriles is 1. The van der Waals surface area contributed by atoms with E-state index in [1.54, 1.807) is 0 Å². The molecule has 2 aromatic rings. The van der Waals surface area contributed by atoms with E-state index in [2.05, 4.69) is 56.9 Å². The Kier molecular flexibility index (Phi) is 3.42. The molecule has 34 heavy (non-hydrogen) atoms. The molecule has 1 aromatic carbocycles. The van der Waals surface area contributed by atoms with Gasteiger partial charge in [-0.25, -0.2) is 0 Å². The fraction of sp³-hybridized carbons (Fsp3) is 0.586. The number of fused-ring (bicyclic) bond motifs is 9. The minimum atomic E-state index is -0.521. The van der Waals surface area contributed by atoms with Crippen molar-refractivity contribution in [1.29, 1.82) is 5.26 Å². The van der Waals surface area contributed by atoms with E-state index in [1.807, 2.05) is 12.4 Å². The number of rotatable bonds is 1. The highest BCUT2D eigenvalue weighted by atomic mass is 16.7. The smallest absolute Gasteiger partial charge is 0.399 e. The summed E-state index contributed by atoms with van der Waals surface area (Å²) in [7, 11) is -0.521. The van der Waals surface area contributed by atoms with Crippen molar-refractivity contribution in [3.05, 3.63) is 47.3 Å². The Morgan fingerprint density at radius 2 is 1.56 bits per heavy atom. The first-order valence-corrected chi connectivity index (χ1v) is 13.1. The van der Waals surface area contributed by atoms with Gasteiger partial charge in [-0.3, -0.25) is 4.98 Å². The molecule has 0 radical (unpaired) electrons. The molecule has 4 unspecified atom stereocenters. The summed E-state index contributed by atoms with van der Waals surface area (Å²) in [5, 5.41) is 10.2. The van der Waals surface area contributed by atoms with Gasteiger partial charge in [0.05, 0.1) is 22.8 Å². The summed E-state index contributed by atoms with van der Waals surface area (Å²) in [5.74, 6) is 3.24. The number of benzene rings is 1. The van der Waals surface area contributed by atoms with Crippen LogP contribution in [0.25, 0.3) is 11.1 Å². The van der Waals surface area contributed by atoms with Crippen molar-refractivity contribution in [3.63, 3.8) is 0 Å². The molecule has 1 aliphatic heterocycles. The lowest BCUT2D eigenvalue weighted by Gasteiger charge is -2.50. The molecule has 0 N–H and O–H groups in total. The summed E-state index contributed by atoms with van der Waals surface area (Å²) in [6.45, 7) is 8.33. The molecule has 5 heteroatoms. The number of hydrogen-bond donors (Lipinski definition) is 0. The summed E-state index contributed by atoms with van der Waals surface area (Å²) in [6, 6.07) is 9.22. The zero-order valence-corrected chi connectivity index (χ0v) is 20.5. The van der Waals surface area contributed by atoms with Crippen LogP contribution < -0.4 is 5.46 Å². The van der Waals surface area contributed by atoms with Crippen molar-refractivity contribution in [2.75, 3.05) is 0 Å². The van der Waals surface area contributed by atoms with E-state index < -0.39 is 18.3 Å². The monoisotopic (exact) mass is 450 g/mol. The average Bonchev–Trinajstić information content (AvgIpc) is 3.39. The van der Waals surface area contributed by atoms with Crippen LogP contribution in [0, 0.1) is 40.4 Å². The van der Waals surface area contributed by atoms with Crippen molar-refractivity contribution in [2.45, 2.75) is 76.4 Å². The van der Waals surface area contributed by atoms with E-state index in [0.717, 1.165) is 17.3 Å². The summed E-state index contributed by atoms with van der Waals surface area (Å²) < 4.78 is 12.9. The van der Waals surface area contributed by atoms with E-state index in [9.17, 15) is 5.26 Å². The molecule has 2 heterocycles. The lowest BCUT2D eigenvalue weighted by molar-refractivity contribution is -0.00187. The lowest BCUT2D eigenvalue weighted by atomic mass is 9.53. The minimum Gasteiger partial charge on any atom is -0.399 e. The molecule has 1 aromatic heterocycles. The van der Waals surface area contributed by atoms with Gasteiger partial charge in [0.25, 0.3) is 0 Å². The first kappa shape index (κ1) is 20.1. The molecule has 8 rings (SSSR count). The van der Waals surface area contributed by atoms with E-state index in [4.69, 9.17) is 9.31 Å². The van der Waals surface area contributed by atoms with Crippen LogP contribution in [-0.2, 0) is 14.7 Å². The summed E-state index contributed by atoms with van der Waals surface area (Å²) in [6.07, 6.45) is 11.0. The number of aromatic nitrogens is 1. The summed E-state index contributed by atoms with van der Waals surface area (Å²) in [5.41, 5.74) is 6.76. The normalized spacial score (nSPS) is 40.7. The van der Waals surface area contributed by atoms with Crippen LogP contribution in [0.5, 0.6) is 0 Å². The highest BCUT2D eigenvalue weighted by molar-refractivity contribution is 6.63. The summed E-state index contributed by atoms with van der Waals surface area (Å²) >= 11 is 0. The largest absolute Gasteiger partial charge is 0.496 e. The molecule has 172 valence electrons. The van der Waals surface area contributed by atoms with E-state index in [-0.39, 0.29) is 5.41 Å². The molecule has 5 fully saturated rings. The zero-order chi connectivity index (χ0) is 23.3. The molecule has 2 spiro atoms. The van der Waals surface area contributed by atoms with Gasteiger partial charge >= 0.3 is 7.12 Å². The van der Waals surface area contributed by atoms with Crippen LogP contribution in [0.1, 0.15) is 76.5 Å². The van der Waals surface area contributed by atoms with Crippen LogP contribution in [-0.4, -0.2) is 23.3 Å². The van der Waals surface area contributed by atoms with Crippen LogP contribution in [0.15, 0.2) is 30.6 Å². The molecule has 4 saturated carbocycles. The second kappa shape index (κ2) is 5.80. The summed E-state index contributed by atoms with van der Waals surface area (Å²) in [4.78, 5) is 4.54. The van der Waals surface area contributed by atoms with Gasteiger partial charge in [-0.15, -0.1) is 0 Å². The molecular formula is C29H31BN2O2. The van der Waals surface area contributed by atoms with Gasteiger partial charge < -0.3 is 9.31 Å². The fourth-order valence-electron chi connectivity index (χ4n) is 9.63. The van der Waals surface area contributed by atoms with Crippen molar-refractivity contribution in [3.8, 4) is 17.2 Å². The molecule has 0 amide bonds. The maximum Gasteiger partial charge on any atom is 0.496 e. The molecule has 6 aliphatic rings. The van der Waals surface area contributed by atoms with Crippen molar-refractivity contribution < 1.29 is 9.31 Å². The number of hydrogen-bond acceptors (Lipinski definition) is 4. The van der Waals surface area contributed by atoms with E-state index >= 15 is 0 Å². The Hall–Kier alpha value is -2.16. The van der Waals surface area contributed by atoms with Gasteiger partial charge in [0.15, 0.2) is 0 Å². The maximum absolute atomic E-state index is 10.2. The van der Waals surface area contributed by atoms with E-state index in [0.29, 0.717) is 22.8 Å². The van der Waals surface area contributed by atoms with Crippen molar-refractivity contribution in [2.24, 2.45) is 29.1 Å². The maximum atomic E-state index is 10.2. The standard InChI is InChI=1S/C29H31BN2O2/c1-26(2)27(3,4)34-30(33-26)25-11-24-21(7-16(25)14-31)22-15-32-6-5-23(22)29(24)19-9-17-8-18-10-20(29)13-28(17,18)12-19/h5-7,11,15,17-20H,8-10,12-13H2,1-4H3. The van der Waals surface area contributed by atoms with Gasteiger partial charge in [0, 0.05) is 28.8 Å². The van der Waals surface area contributed by atoms with Crippen LogP contribution >= 0.6 is 0 Å². The third-order valence-electron chi connectivity index (χ3n) is 11.7. The molecule has 5 aliphatic carbocycles. The first-order chi connectivity index (χ1) is 16.2. The van der Waals surface area contributed by atoms with Crippen LogP contribution in [0.3, 0.4) is 0 Å². The van der Waals surface area contributed by atoms with Crippen molar-refractivity contribution >= 4 is 12.6 Å². The Morgan fingerprint density at radius 1 is 0.912 bits per heavy atom. The fourth-order valence-corrected chi connectivity index (χ4v) is 9.63. The molecular weight excluding hydrogens is 419 g/mol. The average molecular weight is 450 g/mol. The van der Waals surface area contributed by atoms with Crippen molar-refractivity contribution in [1.82, 2.24) is 4.98 Å². The van der Waals surface area contributed by atoms with Crippen LogP contribution in [0.4, 0.5) is 0 Å². The molecule has 1 saturated heterocycles. The molecule has 4 nitrogen and oxygen atoms in total. The minimum absolute atomic E-state index is 0.0490. The lowest BCUT2D eigenvalue weighted by Crippen LogP contribution is -2.45. The topological polar surface area (TPSA) is 55.1 Å². The van der Waals surface area contributed by atoms with Gasteiger partial charge in [-0.2, -0.15) is 5.26 Å². The Labute approximate surface area is 202 Å². The second-order valence-electron chi connectivity index (χ2n) is 13.1. The third-order valence-corrected chi connectivity index (χ3v) is 11.7. The SMILES string of the molecule is CC1(C)OB(c2cc3c(cc2C#N)-c2cnccc2C32C3CC4CC5CC2CC45C3)OC1(C)C. The quantitative estimate of drug-likeness (QED) is 0.576. The van der Waals surface area contributed by atoms with Crippen LogP contribution in [0.2, 0.25) is 0 Å². The van der Waals surface area contributed by atoms with E-state index in [1.165, 1.54) is 54.4 Å². The Balaban J connectivity index is 1.37. The highest BCUT2D eigenvalue weighted by Gasteiger charge is 2.74. The van der Waals surface area contributed by atoms with Gasteiger partial charge in [-0.05, 0) is 118 Å². The Morgan fingerprint density at radius 3 is 2.21 bits per heavy atom.